The fourth-order valence-corrected chi connectivity index (χ4v) is 5.43. The molecule has 3 aromatic rings. The van der Waals surface area contributed by atoms with E-state index in [9.17, 15) is 0 Å². The maximum absolute atomic E-state index is 6.25. The van der Waals surface area contributed by atoms with Gasteiger partial charge >= 0.3 is 0 Å². The van der Waals surface area contributed by atoms with Gasteiger partial charge in [0.15, 0.2) is 11.4 Å². The van der Waals surface area contributed by atoms with Crippen LogP contribution in [-0.2, 0) is 6.54 Å². The Morgan fingerprint density at radius 3 is 2.81 bits per heavy atom. The van der Waals surface area contributed by atoms with Gasteiger partial charge in [0.25, 0.3) is 0 Å². The van der Waals surface area contributed by atoms with E-state index in [1.807, 2.05) is 12.1 Å². The average molecular weight is 433 g/mol. The molecular formula is C26H32N4O2. The van der Waals surface area contributed by atoms with Gasteiger partial charge in [0.2, 0.25) is 0 Å². The molecule has 3 saturated heterocycles. The molecule has 3 fully saturated rings. The number of aromatic nitrogens is 1. The zero-order valence-electron chi connectivity index (χ0n) is 18.7. The Hall–Kier alpha value is -2.57. The largest absolute Gasteiger partial charge is 0.493 e. The van der Waals surface area contributed by atoms with Crippen LogP contribution in [0.25, 0.3) is 11.0 Å². The van der Waals surface area contributed by atoms with Crippen LogP contribution in [0.5, 0.6) is 5.75 Å². The summed E-state index contributed by atoms with van der Waals surface area (Å²) in [5.74, 6) is 2.63. The molecule has 6 heteroatoms. The molecule has 0 unspecified atom stereocenters. The first-order valence-corrected chi connectivity index (χ1v) is 12.1. The number of likely N-dealkylation sites (tertiary alicyclic amines) is 1. The third kappa shape index (κ3) is 4.09. The molecule has 168 valence electrons. The summed E-state index contributed by atoms with van der Waals surface area (Å²) in [5, 5.41) is 5.50. The van der Waals surface area contributed by atoms with Crippen LogP contribution < -0.4 is 9.64 Å². The third-order valence-corrected chi connectivity index (χ3v) is 7.40. The molecule has 0 saturated carbocycles. The topological polar surface area (TPSA) is 45.0 Å². The van der Waals surface area contributed by atoms with Crippen molar-refractivity contribution < 1.29 is 9.26 Å². The Morgan fingerprint density at radius 1 is 0.969 bits per heavy atom. The van der Waals surface area contributed by atoms with Crippen LogP contribution in [0.3, 0.4) is 0 Å². The minimum atomic E-state index is 0.593. The summed E-state index contributed by atoms with van der Waals surface area (Å²) in [5.41, 5.74) is 2.24. The number of nitrogens with zero attached hydrogens (tertiary/aromatic N) is 4. The lowest BCUT2D eigenvalue weighted by Crippen LogP contribution is -2.57. The van der Waals surface area contributed by atoms with Crippen molar-refractivity contribution in [2.45, 2.75) is 31.8 Å². The molecule has 4 heterocycles. The van der Waals surface area contributed by atoms with Crippen LogP contribution in [0, 0.1) is 5.92 Å². The van der Waals surface area contributed by atoms with E-state index in [1.54, 1.807) is 0 Å². The maximum atomic E-state index is 6.25. The lowest BCUT2D eigenvalue weighted by atomic mass is 9.91. The number of ether oxygens (including phenoxy) is 1. The number of rotatable bonds is 6. The van der Waals surface area contributed by atoms with Crippen LogP contribution in [0.4, 0.5) is 5.82 Å². The zero-order chi connectivity index (χ0) is 21.3. The highest BCUT2D eigenvalue weighted by molar-refractivity contribution is 5.88. The van der Waals surface area contributed by atoms with Crippen molar-refractivity contribution in [2.75, 3.05) is 50.8 Å². The van der Waals surface area contributed by atoms with Crippen molar-refractivity contribution in [1.29, 1.82) is 0 Å². The van der Waals surface area contributed by atoms with Crippen LogP contribution in [0.1, 0.15) is 24.8 Å². The second-order valence-corrected chi connectivity index (χ2v) is 9.63. The highest BCUT2D eigenvalue weighted by Crippen LogP contribution is 2.31. The van der Waals surface area contributed by atoms with E-state index < -0.39 is 0 Å². The second kappa shape index (κ2) is 8.75. The lowest BCUT2D eigenvalue weighted by Gasteiger charge is -2.46. The van der Waals surface area contributed by atoms with Gasteiger partial charge in [-0.05, 0) is 62.2 Å². The zero-order valence-corrected chi connectivity index (χ0v) is 18.7. The van der Waals surface area contributed by atoms with E-state index in [0.29, 0.717) is 12.0 Å². The highest BCUT2D eigenvalue weighted by Gasteiger charge is 2.34. The van der Waals surface area contributed by atoms with E-state index in [2.05, 4.69) is 56.3 Å². The van der Waals surface area contributed by atoms with E-state index in [-0.39, 0.29) is 0 Å². The minimum Gasteiger partial charge on any atom is -0.493 e. The molecule has 32 heavy (non-hydrogen) atoms. The maximum Gasteiger partial charge on any atom is 0.180 e. The van der Waals surface area contributed by atoms with Gasteiger partial charge in [0.1, 0.15) is 5.75 Å². The molecular weight excluding hydrogens is 400 g/mol. The first kappa shape index (κ1) is 20.1. The second-order valence-electron chi connectivity index (χ2n) is 9.63. The Bertz CT molecular complexity index is 1060. The van der Waals surface area contributed by atoms with Crippen molar-refractivity contribution in [2.24, 2.45) is 5.92 Å². The van der Waals surface area contributed by atoms with Gasteiger partial charge in [-0.3, -0.25) is 9.80 Å². The molecule has 0 N–H and O–H groups in total. The smallest absolute Gasteiger partial charge is 0.180 e. The first-order chi connectivity index (χ1) is 15.8. The fourth-order valence-electron chi connectivity index (χ4n) is 5.43. The predicted octanol–water partition coefficient (Wildman–Crippen LogP) is 4.01. The number of para-hydroxylation sites is 1. The van der Waals surface area contributed by atoms with Crippen molar-refractivity contribution in [3.05, 3.63) is 54.1 Å². The predicted molar refractivity (Wildman–Crippen MR) is 126 cm³/mol. The molecule has 0 spiro atoms. The molecule has 3 aliphatic rings. The normalized spacial score (nSPS) is 24.3. The minimum absolute atomic E-state index is 0.593. The fraction of sp³-hybridized carbons (Fsp3) is 0.500. The van der Waals surface area contributed by atoms with Crippen LogP contribution in [-0.4, -0.2) is 66.9 Å². The van der Waals surface area contributed by atoms with E-state index in [0.717, 1.165) is 61.9 Å². The number of piperazine rings is 1. The number of benzene rings is 2. The Labute approximate surface area is 189 Å². The molecule has 0 amide bonds. The monoisotopic (exact) mass is 432 g/mol. The highest BCUT2D eigenvalue weighted by atomic mass is 16.5. The Kier molecular flexibility index (Phi) is 5.49. The molecule has 6 rings (SSSR count). The molecule has 2 aromatic carbocycles. The Morgan fingerprint density at radius 2 is 1.91 bits per heavy atom. The summed E-state index contributed by atoms with van der Waals surface area (Å²) in [6.07, 6.45) is 3.78. The van der Waals surface area contributed by atoms with Crippen LogP contribution >= 0.6 is 0 Å². The molecule has 0 bridgehead atoms. The first-order valence-electron chi connectivity index (χ1n) is 12.1. The lowest BCUT2D eigenvalue weighted by molar-refractivity contribution is 0.0726. The third-order valence-electron chi connectivity index (χ3n) is 7.40. The molecule has 2 atom stereocenters. The number of hydrogen-bond donors (Lipinski definition) is 0. The number of anilines is 1. The number of fused-ring (bicyclic) bond motifs is 2. The Balaban J connectivity index is 1.03. The van der Waals surface area contributed by atoms with E-state index >= 15 is 0 Å². The molecule has 3 aliphatic heterocycles. The van der Waals surface area contributed by atoms with E-state index in [4.69, 9.17) is 9.26 Å². The average Bonchev–Trinajstić information content (AvgIpc) is 3.24. The summed E-state index contributed by atoms with van der Waals surface area (Å²) in [6.45, 7) is 8.56. The number of hydrogen-bond acceptors (Lipinski definition) is 6. The van der Waals surface area contributed by atoms with Crippen LogP contribution in [0.15, 0.2) is 53.1 Å². The van der Waals surface area contributed by atoms with Gasteiger partial charge in [-0.2, -0.15) is 0 Å². The summed E-state index contributed by atoms with van der Waals surface area (Å²) >= 11 is 0. The molecule has 0 aliphatic carbocycles. The molecule has 6 nitrogen and oxygen atoms in total. The summed E-state index contributed by atoms with van der Waals surface area (Å²) in [6, 6.07) is 17.4. The van der Waals surface area contributed by atoms with Gasteiger partial charge in [0, 0.05) is 44.7 Å². The summed E-state index contributed by atoms with van der Waals surface area (Å²) in [7, 11) is 0. The SMILES string of the molecule is c1cc(CN2CCC2)cc(OC[C@@H]2CC[C@@H]3CN(c4noc5ccccc45)CCN3C2)c1. The van der Waals surface area contributed by atoms with Crippen LogP contribution in [0.2, 0.25) is 0 Å². The van der Waals surface area contributed by atoms with Crippen molar-refractivity contribution in [3.63, 3.8) is 0 Å². The van der Waals surface area contributed by atoms with Crippen molar-refractivity contribution >= 4 is 16.8 Å². The van der Waals surface area contributed by atoms with Gasteiger partial charge in [-0.1, -0.05) is 29.4 Å². The van der Waals surface area contributed by atoms with Crippen molar-refractivity contribution in [3.8, 4) is 5.75 Å². The van der Waals surface area contributed by atoms with Crippen molar-refractivity contribution in [1.82, 2.24) is 15.0 Å². The van der Waals surface area contributed by atoms with Gasteiger partial charge in [0.05, 0.1) is 12.0 Å². The summed E-state index contributed by atoms with van der Waals surface area (Å²) < 4.78 is 11.8. The van der Waals surface area contributed by atoms with Gasteiger partial charge in [-0.25, -0.2) is 0 Å². The van der Waals surface area contributed by atoms with E-state index in [1.165, 1.54) is 37.9 Å². The molecule has 1 aromatic heterocycles. The molecule has 0 radical (unpaired) electrons. The standard InChI is InChI=1S/C26H32N4O2/c1-2-8-25-24(7-1)26(27-32-25)30-14-13-29-17-21(9-10-22(29)18-30)19-31-23-6-3-5-20(15-23)16-28-11-4-12-28/h1-3,5-8,15,21-22H,4,9-14,16-19H2/t21-,22-/m1/s1. The number of piperidine rings is 1. The quantitative estimate of drug-likeness (QED) is 0.586. The summed E-state index contributed by atoms with van der Waals surface area (Å²) in [4.78, 5) is 7.56. The van der Waals surface area contributed by atoms with Gasteiger partial charge in [-0.15, -0.1) is 0 Å². The van der Waals surface area contributed by atoms with Gasteiger partial charge < -0.3 is 14.2 Å².